The van der Waals surface area contributed by atoms with E-state index in [1.54, 1.807) is 11.4 Å². The van der Waals surface area contributed by atoms with Crippen LogP contribution in [0.4, 0.5) is 8.78 Å². The molecule has 3 aromatic rings. The van der Waals surface area contributed by atoms with Crippen molar-refractivity contribution in [1.82, 2.24) is 18.8 Å². The number of carbonyl (C=O) groups is 1. The largest absolute Gasteiger partial charge is 0.338 e. The summed E-state index contributed by atoms with van der Waals surface area (Å²) in [7, 11) is -4.01. The lowest BCUT2D eigenvalue weighted by molar-refractivity contribution is -0.133. The maximum absolute atomic E-state index is 13.4. The van der Waals surface area contributed by atoms with Gasteiger partial charge in [-0.1, -0.05) is 0 Å². The molecule has 0 atom stereocenters. The first-order valence-corrected chi connectivity index (χ1v) is 11.2. The highest BCUT2D eigenvalue weighted by Crippen LogP contribution is 2.20. The van der Waals surface area contributed by atoms with E-state index < -0.39 is 21.7 Å². The SMILES string of the molecule is O=C(Cn1cnc2sccc2c1=O)N1CCN(S(=O)(=O)c2ccc(F)c(F)c2)CC1. The number of hydrogen-bond donors (Lipinski definition) is 0. The molecule has 8 nitrogen and oxygen atoms in total. The Kier molecular flexibility index (Phi) is 5.38. The minimum Gasteiger partial charge on any atom is -0.338 e. The van der Waals surface area contributed by atoms with E-state index in [0.29, 0.717) is 16.3 Å². The maximum atomic E-state index is 13.4. The van der Waals surface area contributed by atoms with Crippen LogP contribution in [0.5, 0.6) is 0 Å². The Labute approximate surface area is 174 Å². The van der Waals surface area contributed by atoms with Crippen LogP contribution >= 0.6 is 11.3 Å². The summed E-state index contributed by atoms with van der Waals surface area (Å²) in [4.78, 5) is 30.9. The molecule has 0 bridgehead atoms. The van der Waals surface area contributed by atoms with E-state index in [4.69, 9.17) is 0 Å². The van der Waals surface area contributed by atoms with Crippen molar-refractivity contribution in [3.63, 3.8) is 0 Å². The van der Waals surface area contributed by atoms with Crippen LogP contribution in [0, 0.1) is 11.6 Å². The lowest BCUT2D eigenvalue weighted by atomic mass is 10.3. The zero-order valence-corrected chi connectivity index (χ0v) is 17.1. The number of rotatable bonds is 4. The monoisotopic (exact) mass is 454 g/mol. The predicted octanol–water partition coefficient (Wildman–Crippen LogP) is 1.27. The molecule has 0 aliphatic carbocycles. The van der Waals surface area contributed by atoms with E-state index in [1.807, 2.05) is 0 Å². The van der Waals surface area contributed by atoms with Gasteiger partial charge in [-0.05, 0) is 29.6 Å². The second-order valence-electron chi connectivity index (χ2n) is 6.68. The summed E-state index contributed by atoms with van der Waals surface area (Å²) >= 11 is 1.33. The molecule has 3 heterocycles. The van der Waals surface area contributed by atoms with E-state index in [-0.39, 0.29) is 49.1 Å². The molecule has 1 aromatic carbocycles. The summed E-state index contributed by atoms with van der Waals surface area (Å²) in [5, 5.41) is 2.19. The molecule has 0 unspecified atom stereocenters. The molecule has 30 heavy (non-hydrogen) atoms. The van der Waals surface area contributed by atoms with Crippen LogP contribution in [-0.4, -0.2) is 59.3 Å². The van der Waals surface area contributed by atoms with Gasteiger partial charge in [0.2, 0.25) is 15.9 Å². The Morgan fingerprint density at radius 2 is 1.83 bits per heavy atom. The summed E-state index contributed by atoms with van der Waals surface area (Å²) in [5.41, 5.74) is -0.311. The molecule has 2 aromatic heterocycles. The summed E-state index contributed by atoms with van der Waals surface area (Å²) in [5.74, 6) is -2.71. The fourth-order valence-corrected chi connectivity index (χ4v) is 5.37. The first kappa shape index (κ1) is 20.6. The Bertz CT molecular complexity index is 1280. The normalized spacial score (nSPS) is 15.6. The molecule has 1 amide bonds. The van der Waals surface area contributed by atoms with Crippen LogP contribution in [-0.2, 0) is 21.4 Å². The fraction of sp³-hybridized carbons (Fsp3) is 0.278. The van der Waals surface area contributed by atoms with Crippen LogP contribution in [0.2, 0.25) is 0 Å². The standard InChI is InChI=1S/C18H16F2N4O4S2/c19-14-2-1-12(9-15(14)20)30(27,28)24-6-4-22(5-7-24)16(25)10-23-11-21-17-13(18(23)26)3-8-29-17/h1-3,8-9,11H,4-7,10H2. The first-order chi connectivity index (χ1) is 14.3. The van der Waals surface area contributed by atoms with Crippen molar-refractivity contribution in [2.24, 2.45) is 0 Å². The van der Waals surface area contributed by atoms with Crippen LogP contribution in [0.15, 0.2) is 45.7 Å². The maximum Gasteiger partial charge on any atom is 0.262 e. The number of sulfonamides is 1. The number of halogens is 2. The molecule has 12 heteroatoms. The Morgan fingerprint density at radius 1 is 1.10 bits per heavy atom. The van der Waals surface area contributed by atoms with Gasteiger partial charge in [0, 0.05) is 26.2 Å². The van der Waals surface area contributed by atoms with E-state index in [1.165, 1.54) is 27.1 Å². The number of amides is 1. The van der Waals surface area contributed by atoms with E-state index >= 15 is 0 Å². The summed E-state index contributed by atoms with van der Waals surface area (Å²) in [6.07, 6.45) is 1.32. The third-order valence-corrected chi connectivity index (χ3v) is 7.59. The van der Waals surface area contributed by atoms with Gasteiger partial charge in [0.05, 0.1) is 16.6 Å². The molecular formula is C18H16F2N4O4S2. The topological polar surface area (TPSA) is 92.6 Å². The smallest absolute Gasteiger partial charge is 0.262 e. The minimum absolute atomic E-state index is 0.00375. The van der Waals surface area contributed by atoms with Crippen molar-refractivity contribution in [2.75, 3.05) is 26.2 Å². The summed E-state index contributed by atoms with van der Waals surface area (Å²) in [6, 6.07) is 4.06. The van der Waals surface area contributed by atoms with Crippen LogP contribution in [0.25, 0.3) is 10.2 Å². The Hall–Kier alpha value is -2.70. The van der Waals surface area contributed by atoms with E-state index in [9.17, 15) is 26.8 Å². The lowest BCUT2D eigenvalue weighted by Gasteiger charge is -2.34. The Morgan fingerprint density at radius 3 is 2.53 bits per heavy atom. The average Bonchev–Trinajstić information content (AvgIpc) is 3.22. The van der Waals surface area contributed by atoms with Crippen molar-refractivity contribution in [3.8, 4) is 0 Å². The summed E-state index contributed by atoms with van der Waals surface area (Å²) < 4.78 is 54.1. The minimum atomic E-state index is -4.01. The second-order valence-corrected chi connectivity index (χ2v) is 9.51. The quantitative estimate of drug-likeness (QED) is 0.592. The lowest BCUT2D eigenvalue weighted by Crippen LogP contribution is -2.51. The predicted molar refractivity (Wildman–Crippen MR) is 106 cm³/mol. The van der Waals surface area contributed by atoms with Gasteiger partial charge in [0.15, 0.2) is 11.6 Å². The van der Waals surface area contributed by atoms with Gasteiger partial charge in [0.1, 0.15) is 11.4 Å². The van der Waals surface area contributed by atoms with Crippen LogP contribution < -0.4 is 5.56 Å². The molecular weight excluding hydrogens is 438 g/mol. The van der Waals surface area contributed by atoms with Gasteiger partial charge in [-0.15, -0.1) is 11.3 Å². The van der Waals surface area contributed by atoms with Crippen LogP contribution in [0.1, 0.15) is 0 Å². The highest BCUT2D eigenvalue weighted by atomic mass is 32.2. The Balaban J connectivity index is 1.43. The van der Waals surface area contributed by atoms with Crippen molar-refractivity contribution < 1.29 is 22.0 Å². The molecule has 1 fully saturated rings. The zero-order chi connectivity index (χ0) is 21.5. The number of hydrogen-bond acceptors (Lipinski definition) is 6. The van der Waals surface area contributed by atoms with Crippen molar-refractivity contribution in [2.45, 2.75) is 11.4 Å². The molecule has 4 rings (SSSR count). The third-order valence-electron chi connectivity index (χ3n) is 4.88. The van der Waals surface area contributed by atoms with Gasteiger partial charge in [-0.25, -0.2) is 22.2 Å². The fourth-order valence-electron chi connectivity index (χ4n) is 3.22. The number of benzene rings is 1. The molecule has 0 radical (unpaired) electrons. The number of carbonyl (C=O) groups excluding carboxylic acids is 1. The van der Waals surface area contributed by atoms with Gasteiger partial charge >= 0.3 is 0 Å². The van der Waals surface area contributed by atoms with Crippen molar-refractivity contribution >= 4 is 37.5 Å². The van der Waals surface area contributed by atoms with E-state index in [2.05, 4.69) is 4.98 Å². The number of aromatic nitrogens is 2. The highest BCUT2D eigenvalue weighted by Gasteiger charge is 2.30. The van der Waals surface area contributed by atoms with Crippen molar-refractivity contribution in [3.05, 3.63) is 58.0 Å². The number of nitrogens with zero attached hydrogens (tertiary/aromatic N) is 4. The molecule has 0 N–H and O–H groups in total. The average molecular weight is 454 g/mol. The highest BCUT2D eigenvalue weighted by molar-refractivity contribution is 7.89. The molecule has 0 saturated carbocycles. The van der Waals surface area contributed by atoms with Crippen molar-refractivity contribution in [1.29, 1.82) is 0 Å². The molecule has 0 spiro atoms. The first-order valence-electron chi connectivity index (χ1n) is 8.93. The number of thiophene rings is 1. The van der Waals surface area contributed by atoms with Gasteiger partial charge in [-0.2, -0.15) is 4.31 Å². The third kappa shape index (κ3) is 3.73. The van der Waals surface area contributed by atoms with Gasteiger partial charge in [0.25, 0.3) is 5.56 Å². The second kappa shape index (κ2) is 7.85. The number of piperazine rings is 1. The molecule has 158 valence electrons. The zero-order valence-electron chi connectivity index (χ0n) is 15.5. The summed E-state index contributed by atoms with van der Waals surface area (Å²) in [6.45, 7) is 0.0380. The van der Waals surface area contributed by atoms with Gasteiger partial charge < -0.3 is 4.90 Å². The van der Waals surface area contributed by atoms with Crippen LogP contribution in [0.3, 0.4) is 0 Å². The van der Waals surface area contributed by atoms with E-state index in [0.717, 1.165) is 16.4 Å². The molecule has 1 aliphatic rings. The molecule has 1 aliphatic heterocycles. The molecule has 1 saturated heterocycles. The number of fused-ring (bicyclic) bond motifs is 1. The van der Waals surface area contributed by atoms with Gasteiger partial charge in [-0.3, -0.25) is 14.2 Å².